The van der Waals surface area contributed by atoms with Gasteiger partial charge in [-0.15, -0.1) is 0 Å². The summed E-state index contributed by atoms with van der Waals surface area (Å²) in [7, 11) is 0. The van der Waals surface area contributed by atoms with Gasteiger partial charge in [-0.1, -0.05) is 25.1 Å². The summed E-state index contributed by atoms with van der Waals surface area (Å²) in [5, 5.41) is 1.30. The van der Waals surface area contributed by atoms with Crippen LogP contribution in [0.5, 0.6) is 0 Å². The lowest BCUT2D eigenvalue weighted by atomic mass is 10.0. The minimum Gasteiger partial charge on any atom is -0.361 e. The first-order chi connectivity index (χ1) is 6.81. The Morgan fingerprint density at radius 3 is 2.93 bits per heavy atom. The normalized spacial score (nSPS) is 13.3. The number of nitrogens with two attached hydrogens (primary N) is 1. The number of nitrogens with one attached hydrogen (secondary N) is 1. The number of H-pyrrole nitrogens is 1. The third-order valence-electron chi connectivity index (χ3n) is 2.68. The highest BCUT2D eigenvalue weighted by molar-refractivity contribution is 5.83. The molecule has 0 fully saturated rings. The molecule has 74 valence electrons. The SMILES string of the molecule is CC[C@H](N)Cc1c[nH]c2ccccc12. The van der Waals surface area contributed by atoms with E-state index in [0.717, 1.165) is 12.8 Å². The molecule has 1 aromatic heterocycles. The standard InChI is InChI=1S/C12H16N2/c1-2-10(13)7-9-8-14-12-6-4-3-5-11(9)12/h3-6,8,10,14H,2,7,13H2,1H3/t10-/m0/s1. The molecule has 0 aliphatic heterocycles. The molecule has 0 unspecified atom stereocenters. The van der Waals surface area contributed by atoms with Crippen molar-refractivity contribution in [3.63, 3.8) is 0 Å². The van der Waals surface area contributed by atoms with Crippen molar-refractivity contribution in [2.45, 2.75) is 25.8 Å². The summed E-state index contributed by atoms with van der Waals surface area (Å²) in [6.07, 6.45) is 4.06. The Morgan fingerprint density at radius 2 is 2.14 bits per heavy atom. The van der Waals surface area contributed by atoms with E-state index < -0.39 is 0 Å². The van der Waals surface area contributed by atoms with Crippen LogP contribution in [0.1, 0.15) is 18.9 Å². The Kier molecular flexibility index (Phi) is 2.55. The summed E-state index contributed by atoms with van der Waals surface area (Å²) in [5.41, 5.74) is 8.47. The second-order valence-corrected chi connectivity index (χ2v) is 3.73. The Bertz CT molecular complexity index is 417. The third kappa shape index (κ3) is 1.66. The number of fused-ring (bicyclic) bond motifs is 1. The Labute approximate surface area is 84.1 Å². The lowest BCUT2D eigenvalue weighted by Crippen LogP contribution is -2.21. The average molecular weight is 188 g/mol. The van der Waals surface area contributed by atoms with Crippen LogP contribution < -0.4 is 5.73 Å². The lowest BCUT2D eigenvalue weighted by Gasteiger charge is -2.06. The molecule has 0 radical (unpaired) electrons. The molecule has 0 amide bonds. The maximum Gasteiger partial charge on any atom is 0.0456 e. The molecule has 2 rings (SSSR count). The molecule has 14 heavy (non-hydrogen) atoms. The number of hydrogen-bond donors (Lipinski definition) is 2. The van der Waals surface area contributed by atoms with E-state index in [1.165, 1.54) is 16.5 Å². The smallest absolute Gasteiger partial charge is 0.0456 e. The summed E-state index contributed by atoms with van der Waals surface area (Å²) in [4.78, 5) is 3.26. The summed E-state index contributed by atoms with van der Waals surface area (Å²) in [6, 6.07) is 8.62. The van der Waals surface area contributed by atoms with Crippen molar-refractivity contribution < 1.29 is 0 Å². The summed E-state index contributed by atoms with van der Waals surface area (Å²) < 4.78 is 0. The number of benzene rings is 1. The Morgan fingerprint density at radius 1 is 1.36 bits per heavy atom. The molecule has 0 saturated heterocycles. The van der Waals surface area contributed by atoms with Gasteiger partial charge in [-0.2, -0.15) is 0 Å². The van der Waals surface area contributed by atoms with E-state index in [1.807, 2.05) is 6.07 Å². The molecule has 1 aromatic carbocycles. The van der Waals surface area contributed by atoms with Gasteiger partial charge in [0.25, 0.3) is 0 Å². The van der Waals surface area contributed by atoms with E-state index in [1.54, 1.807) is 0 Å². The Balaban J connectivity index is 2.33. The van der Waals surface area contributed by atoms with Crippen molar-refractivity contribution in [3.8, 4) is 0 Å². The van der Waals surface area contributed by atoms with E-state index in [-0.39, 0.29) is 6.04 Å². The van der Waals surface area contributed by atoms with Crippen molar-refractivity contribution in [2.75, 3.05) is 0 Å². The molecular weight excluding hydrogens is 172 g/mol. The predicted octanol–water partition coefficient (Wildman–Crippen LogP) is 2.45. The van der Waals surface area contributed by atoms with Crippen LogP contribution in [0, 0.1) is 0 Å². The van der Waals surface area contributed by atoms with E-state index >= 15 is 0 Å². The zero-order valence-electron chi connectivity index (χ0n) is 8.46. The molecule has 1 atom stereocenters. The monoisotopic (exact) mass is 188 g/mol. The minimum atomic E-state index is 0.272. The molecule has 0 aliphatic carbocycles. The van der Waals surface area contributed by atoms with Gasteiger partial charge in [0.15, 0.2) is 0 Å². The predicted molar refractivity (Wildman–Crippen MR) is 60.3 cm³/mol. The Hall–Kier alpha value is -1.28. The van der Waals surface area contributed by atoms with Crippen molar-refractivity contribution in [3.05, 3.63) is 36.0 Å². The van der Waals surface area contributed by atoms with Crippen LogP contribution in [0.25, 0.3) is 10.9 Å². The quantitative estimate of drug-likeness (QED) is 0.763. The molecule has 0 spiro atoms. The summed E-state index contributed by atoms with van der Waals surface area (Å²) in [5.74, 6) is 0. The van der Waals surface area contributed by atoms with Crippen LogP contribution in [0.3, 0.4) is 0 Å². The average Bonchev–Trinajstić information content (AvgIpc) is 2.62. The van der Waals surface area contributed by atoms with Gasteiger partial charge in [-0.3, -0.25) is 0 Å². The second kappa shape index (κ2) is 3.84. The van der Waals surface area contributed by atoms with E-state index in [4.69, 9.17) is 5.73 Å². The van der Waals surface area contributed by atoms with Gasteiger partial charge in [0.1, 0.15) is 0 Å². The maximum absolute atomic E-state index is 5.94. The molecular formula is C12H16N2. The highest BCUT2D eigenvalue weighted by Crippen LogP contribution is 2.18. The van der Waals surface area contributed by atoms with Crippen LogP contribution >= 0.6 is 0 Å². The van der Waals surface area contributed by atoms with Crippen LogP contribution in [-0.4, -0.2) is 11.0 Å². The first-order valence-corrected chi connectivity index (χ1v) is 5.12. The highest BCUT2D eigenvalue weighted by Gasteiger charge is 2.06. The molecule has 1 heterocycles. The van der Waals surface area contributed by atoms with E-state index in [2.05, 4.69) is 36.3 Å². The largest absolute Gasteiger partial charge is 0.361 e. The van der Waals surface area contributed by atoms with Crippen molar-refractivity contribution in [1.29, 1.82) is 0 Å². The molecule has 0 aliphatic rings. The zero-order valence-corrected chi connectivity index (χ0v) is 8.46. The minimum absolute atomic E-state index is 0.272. The van der Waals surface area contributed by atoms with Gasteiger partial charge in [0.2, 0.25) is 0 Å². The third-order valence-corrected chi connectivity index (χ3v) is 2.68. The van der Waals surface area contributed by atoms with Gasteiger partial charge < -0.3 is 10.7 Å². The zero-order chi connectivity index (χ0) is 9.97. The van der Waals surface area contributed by atoms with Crippen molar-refractivity contribution in [1.82, 2.24) is 4.98 Å². The van der Waals surface area contributed by atoms with Crippen LogP contribution in [0.15, 0.2) is 30.5 Å². The fourth-order valence-corrected chi connectivity index (χ4v) is 1.73. The number of para-hydroxylation sites is 1. The molecule has 2 aromatic rings. The molecule has 0 bridgehead atoms. The highest BCUT2D eigenvalue weighted by atomic mass is 14.7. The fourth-order valence-electron chi connectivity index (χ4n) is 1.73. The van der Waals surface area contributed by atoms with E-state index in [0.29, 0.717) is 0 Å². The number of aromatic amines is 1. The fraction of sp³-hybridized carbons (Fsp3) is 0.333. The molecule has 0 saturated carbocycles. The van der Waals surface area contributed by atoms with Crippen molar-refractivity contribution >= 4 is 10.9 Å². The topological polar surface area (TPSA) is 41.8 Å². The number of hydrogen-bond acceptors (Lipinski definition) is 1. The van der Waals surface area contributed by atoms with Gasteiger partial charge in [-0.25, -0.2) is 0 Å². The van der Waals surface area contributed by atoms with Gasteiger partial charge in [0, 0.05) is 23.1 Å². The molecule has 2 heteroatoms. The van der Waals surface area contributed by atoms with Crippen LogP contribution in [0.2, 0.25) is 0 Å². The molecule has 3 N–H and O–H groups in total. The second-order valence-electron chi connectivity index (χ2n) is 3.73. The summed E-state index contributed by atoms with van der Waals surface area (Å²) in [6.45, 7) is 2.12. The first-order valence-electron chi connectivity index (χ1n) is 5.12. The maximum atomic E-state index is 5.94. The van der Waals surface area contributed by atoms with Gasteiger partial charge in [-0.05, 0) is 24.5 Å². The van der Waals surface area contributed by atoms with Crippen LogP contribution in [0.4, 0.5) is 0 Å². The lowest BCUT2D eigenvalue weighted by molar-refractivity contribution is 0.648. The van der Waals surface area contributed by atoms with Gasteiger partial charge in [0.05, 0.1) is 0 Å². The van der Waals surface area contributed by atoms with E-state index in [9.17, 15) is 0 Å². The number of rotatable bonds is 3. The first kappa shape index (κ1) is 9.28. The van der Waals surface area contributed by atoms with Crippen molar-refractivity contribution in [2.24, 2.45) is 5.73 Å². The van der Waals surface area contributed by atoms with Gasteiger partial charge >= 0.3 is 0 Å². The number of aromatic nitrogens is 1. The summed E-state index contributed by atoms with van der Waals surface area (Å²) >= 11 is 0. The molecule has 2 nitrogen and oxygen atoms in total. The van der Waals surface area contributed by atoms with Crippen LogP contribution in [-0.2, 0) is 6.42 Å².